The molecular formula is C23H28N4O4S. The fourth-order valence-electron chi connectivity index (χ4n) is 3.00. The van der Waals surface area contributed by atoms with Crippen molar-refractivity contribution >= 4 is 23.4 Å². The average molecular weight is 457 g/mol. The highest BCUT2D eigenvalue weighted by Crippen LogP contribution is 2.29. The molecule has 0 saturated heterocycles. The first-order valence-corrected chi connectivity index (χ1v) is 11.4. The molecule has 8 nitrogen and oxygen atoms in total. The van der Waals surface area contributed by atoms with Crippen molar-refractivity contribution in [3.05, 3.63) is 53.9 Å². The van der Waals surface area contributed by atoms with Crippen molar-refractivity contribution in [3.8, 4) is 17.2 Å². The summed E-state index contributed by atoms with van der Waals surface area (Å²) in [7, 11) is 1.60. The van der Waals surface area contributed by atoms with E-state index in [0.29, 0.717) is 41.3 Å². The van der Waals surface area contributed by atoms with Crippen LogP contribution in [0.5, 0.6) is 17.2 Å². The van der Waals surface area contributed by atoms with E-state index in [-0.39, 0.29) is 18.3 Å². The minimum absolute atomic E-state index is 0.121. The number of nitrogens with one attached hydrogen (secondary N) is 1. The lowest BCUT2D eigenvalue weighted by Crippen LogP contribution is -2.15. The van der Waals surface area contributed by atoms with Crippen molar-refractivity contribution in [1.82, 2.24) is 14.8 Å². The number of aromatic nitrogens is 3. The van der Waals surface area contributed by atoms with E-state index in [9.17, 15) is 4.79 Å². The standard InChI is InChI=1S/C23H28N4O4S/c1-5-27-21(14-31-19-12-7-16(3)13-20(19)30-6-2)25-26-23(27)32-15-22(28)24-17-8-10-18(29-4)11-9-17/h7-13H,5-6,14-15H2,1-4H3,(H,24,28). The number of hydrogen-bond donors (Lipinski definition) is 1. The van der Waals surface area contributed by atoms with E-state index >= 15 is 0 Å². The fraction of sp³-hybridized carbons (Fsp3) is 0.348. The molecule has 1 N–H and O–H groups in total. The first-order chi connectivity index (χ1) is 15.5. The van der Waals surface area contributed by atoms with Crippen LogP contribution in [0.1, 0.15) is 25.2 Å². The van der Waals surface area contributed by atoms with Gasteiger partial charge in [0, 0.05) is 12.2 Å². The summed E-state index contributed by atoms with van der Waals surface area (Å²) in [6.45, 7) is 7.43. The predicted octanol–water partition coefficient (Wildman–Crippen LogP) is 4.32. The quantitative estimate of drug-likeness (QED) is 0.430. The van der Waals surface area contributed by atoms with Crippen LogP contribution < -0.4 is 19.5 Å². The van der Waals surface area contributed by atoms with Gasteiger partial charge < -0.3 is 24.1 Å². The summed E-state index contributed by atoms with van der Waals surface area (Å²) in [6, 6.07) is 13.0. The van der Waals surface area contributed by atoms with E-state index in [1.165, 1.54) is 11.8 Å². The Hall–Kier alpha value is -3.20. The zero-order valence-corrected chi connectivity index (χ0v) is 19.6. The third-order valence-corrected chi connectivity index (χ3v) is 5.54. The number of carbonyl (C=O) groups excluding carboxylic acids is 1. The molecule has 9 heteroatoms. The molecule has 3 rings (SSSR count). The van der Waals surface area contributed by atoms with E-state index in [1.807, 2.05) is 43.5 Å². The van der Waals surface area contributed by atoms with Crippen LogP contribution in [-0.2, 0) is 17.9 Å². The largest absolute Gasteiger partial charge is 0.497 e. The molecule has 0 aliphatic rings. The third-order valence-electron chi connectivity index (χ3n) is 4.57. The van der Waals surface area contributed by atoms with Crippen LogP contribution in [0.4, 0.5) is 5.69 Å². The monoisotopic (exact) mass is 456 g/mol. The van der Waals surface area contributed by atoms with Crippen LogP contribution in [0, 0.1) is 6.92 Å². The second-order valence-electron chi connectivity index (χ2n) is 6.88. The Labute approximate surface area is 192 Å². The second kappa shape index (κ2) is 11.4. The lowest BCUT2D eigenvalue weighted by molar-refractivity contribution is -0.113. The van der Waals surface area contributed by atoms with Crippen molar-refractivity contribution < 1.29 is 19.0 Å². The lowest BCUT2D eigenvalue weighted by Gasteiger charge is -2.13. The Morgan fingerprint density at radius 1 is 1.06 bits per heavy atom. The molecule has 0 unspecified atom stereocenters. The van der Waals surface area contributed by atoms with Gasteiger partial charge in [-0.3, -0.25) is 4.79 Å². The van der Waals surface area contributed by atoms with Crippen LogP contribution in [0.3, 0.4) is 0 Å². The zero-order chi connectivity index (χ0) is 22.9. The summed E-state index contributed by atoms with van der Waals surface area (Å²) >= 11 is 1.33. The van der Waals surface area contributed by atoms with Crippen LogP contribution in [-0.4, -0.2) is 40.1 Å². The Morgan fingerprint density at radius 2 is 1.84 bits per heavy atom. The molecule has 0 atom stereocenters. The smallest absolute Gasteiger partial charge is 0.234 e. The third kappa shape index (κ3) is 6.16. The van der Waals surface area contributed by atoms with Crippen molar-refractivity contribution in [2.45, 2.75) is 39.1 Å². The van der Waals surface area contributed by atoms with Gasteiger partial charge in [0.25, 0.3) is 0 Å². The first-order valence-electron chi connectivity index (χ1n) is 10.4. The first kappa shape index (κ1) is 23.5. The number of anilines is 1. The molecular weight excluding hydrogens is 428 g/mol. The molecule has 1 amide bonds. The number of ether oxygens (including phenoxy) is 3. The van der Waals surface area contributed by atoms with Crippen LogP contribution >= 0.6 is 11.8 Å². The van der Waals surface area contributed by atoms with Gasteiger partial charge in [0.05, 0.1) is 19.5 Å². The van der Waals surface area contributed by atoms with E-state index in [2.05, 4.69) is 15.5 Å². The number of methoxy groups -OCH3 is 1. The van der Waals surface area contributed by atoms with Gasteiger partial charge in [-0.05, 0) is 62.7 Å². The molecule has 1 heterocycles. The number of hydrogen-bond acceptors (Lipinski definition) is 7. The maximum absolute atomic E-state index is 12.3. The highest BCUT2D eigenvalue weighted by molar-refractivity contribution is 7.99. The highest BCUT2D eigenvalue weighted by Gasteiger charge is 2.15. The Balaban J connectivity index is 1.59. The predicted molar refractivity (Wildman–Crippen MR) is 125 cm³/mol. The molecule has 170 valence electrons. The van der Waals surface area contributed by atoms with Gasteiger partial charge in [0.15, 0.2) is 22.5 Å². The van der Waals surface area contributed by atoms with Gasteiger partial charge in [-0.1, -0.05) is 17.8 Å². The molecule has 0 aliphatic carbocycles. The van der Waals surface area contributed by atoms with E-state index in [4.69, 9.17) is 14.2 Å². The molecule has 0 bridgehead atoms. The number of thioether (sulfide) groups is 1. The molecule has 0 saturated carbocycles. The number of amides is 1. The average Bonchev–Trinajstić information content (AvgIpc) is 3.19. The number of nitrogens with zero attached hydrogens (tertiary/aromatic N) is 3. The summed E-state index contributed by atoms with van der Waals surface area (Å²) in [4.78, 5) is 12.3. The van der Waals surface area contributed by atoms with Gasteiger partial charge in [-0.25, -0.2) is 0 Å². The zero-order valence-electron chi connectivity index (χ0n) is 18.8. The van der Waals surface area contributed by atoms with Crippen molar-refractivity contribution in [1.29, 1.82) is 0 Å². The topological polar surface area (TPSA) is 87.5 Å². The van der Waals surface area contributed by atoms with Crippen molar-refractivity contribution in [3.63, 3.8) is 0 Å². The van der Waals surface area contributed by atoms with Crippen LogP contribution in [0.15, 0.2) is 47.6 Å². The summed E-state index contributed by atoms with van der Waals surface area (Å²) < 4.78 is 18.7. The van der Waals surface area contributed by atoms with Crippen LogP contribution in [0.25, 0.3) is 0 Å². The fourth-order valence-corrected chi connectivity index (χ4v) is 3.82. The second-order valence-corrected chi connectivity index (χ2v) is 7.82. The number of rotatable bonds is 11. The van der Waals surface area contributed by atoms with E-state index < -0.39 is 0 Å². The van der Waals surface area contributed by atoms with Gasteiger partial charge in [0.1, 0.15) is 12.4 Å². The van der Waals surface area contributed by atoms with E-state index in [0.717, 1.165) is 11.3 Å². The minimum atomic E-state index is -0.121. The summed E-state index contributed by atoms with van der Waals surface area (Å²) in [6.07, 6.45) is 0. The minimum Gasteiger partial charge on any atom is -0.497 e. The molecule has 0 aliphatic heterocycles. The molecule has 0 radical (unpaired) electrons. The highest BCUT2D eigenvalue weighted by atomic mass is 32.2. The Kier molecular flexibility index (Phi) is 8.38. The van der Waals surface area contributed by atoms with Crippen LogP contribution in [0.2, 0.25) is 0 Å². The Bertz CT molecular complexity index is 1040. The van der Waals surface area contributed by atoms with Crippen molar-refractivity contribution in [2.24, 2.45) is 0 Å². The molecule has 1 aromatic heterocycles. The van der Waals surface area contributed by atoms with Gasteiger partial charge in [-0.15, -0.1) is 10.2 Å². The van der Waals surface area contributed by atoms with Gasteiger partial charge in [-0.2, -0.15) is 0 Å². The Morgan fingerprint density at radius 3 is 2.53 bits per heavy atom. The summed E-state index contributed by atoms with van der Waals surface area (Å²) in [5, 5.41) is 12.0. The molecule has 2 aromatic carbocycles. The lowest BCUT2D eigenvalue weighted by atomic mass is 10.2. The van der Waals surface area contributed by atoms with Crippen molar-refractivity contribution in [2.75, 3.05) is 24.8 Å². The van der Waals surface area contributed by atoms with E-state index in [1.54, 1.807) is 31.4 Å². The number of aryl methyl sites for hydroxylation is 1. The van der Waals surface area contributed by atoms with Gasteiger partial charge >= 0.3 is 0 Å². The molecule has 32 heavy (non-hydrogen) atoms. The maximum Gasteiger partial charge on any atom is 0.234 e. The molecule has 0 fully saturated rings. The normalized spacial score (nSPS) is 10.6. The SMILES string of the molecule is CCOc1cc(C)ccc1OCc1nnc(SCC(=O)Nc2ccc(OC)cc2)n1CC. The molecule has 0 spiro atoms. The molecule has 3 aromatic rings. The van der Waals surface area contributed by atoms with Gasteiger partial charge in [0.2, 0.25) is 5.91 Å². The summed E-state index contributed by atoms with van der Waals surface area (Å²) in [5.74, 6) is 2.90. The number of carbonyl (C=O) groups is 1. The maximum atomic E-state index is 12.3. The number of benzene rings is 2. The summed E-state index contributed by atoms with van der Waals surface area (Å²) in [5.41, 5.74) is 1.81.